The summed E-state index contributed by atoms with van der Waals surface area (Å²) in [5, 5.41) is 14.2. The molecule has 0 radical (unpaired) electrons. The van der Waals surface area contributed by atoms with E-state index in [1.165, 1.54) is 0 Å². The summed E-state index contributed by atoms with van der Waals surface area (Å²) in [5.41, 5.74) is 1.21. The van der Waals surface area contributed by atoms with Crippen LogP contribution in [-0.2, 0) is 10.8 Å². The fourth-order valence-electron chi connectivity index (χ4n) is 2.29. The standard InChI is InChI=1S/C16H19NO3S/c1-11(9-10-21(2)20)17-15-8-7-14(16(18)19)12-5-3-4-6-13(12)15/h3-8,11,17H,9-10H2,1-2H3,(H,18,19). The Morgan fingerprint density at radius 1 is 1.24 bits per heavy atom. The molecule has 0 saturated carbocycles. The molecule has 2 N–H and O–H groups in total. The van der Waals surface area contributed by atoms with E-state index in [-0.39, 0.29) is 6.04 Å². The lowest BCUT2D eigenvalue weighted by molar-refractivity contribution is 0.0699. The van der Waals surface area contributed by atoms with Crippen molar-refractivity contribution in [3.05, 3.63) is 42.0 Å². The summed E-state index contributed by atoms with van der Waals surface area (Å²) in [6, 6.07) is 11.0. The molecule has 0 aliphatic carbocycles. The van der Waals surface area contributed by atoms with Gasteiger partial charge in [0.05, 0.1) is 5.56 Å². The zero-order valence-corrected chi connectivity index (χ0v) is 12.9. The molecule has 2 rings (SSSR count). The van der Waals surface area contributed by atoms with Crippen molar-refractivity contribution in [3.63, 3.8) is 0 Å². The Bertz CT molecular complexity index is 684. The molecule has 4 nitrogen and oxygen atoms in total. The summed E-state index contributed by atoms with van der Waals surface area (Å²) in [4.78, 5) is 11.3. The summed E-state index contributed by atoms with van der Waals surface area (Å²) >= 11 is 0. The Labute approximate surface area is 126 Å². The normalized spacial score (nSPS) is 13.8. The van der Waals surface area contributed by atoms with Gasteiger partial charge >= 0.3 is 5.97 Å². The largest absolute Gasteiger partial charge is 0.478 e. The van der Waals surface area contributed by atoms with Crippen LogP contribution in [-0.4, -0.2) is 33.3 Å². The Balaban J connectivity index is 2.31. The molecule has 0 amide bonds. The van der Waals surface area contributed by atoms with E-state index in [4.69, 9.17) is 0 Å². The van der Waals surface area contributed by atoms with Crippen molar-refractivity contribution in [1.82, 2.24) is 0 Å². The number of hydrogen-bond acceptors (Lipinski definition) is 3. The second-order valence-electron chi connectivity index (χ2n) is 5.12. The lowest BCUT2D eigenvalue weighted by atomic mass is 10.0. The van der Waals surface area contributed by atoms with Crippen molar-refractivity contribution in [2.45, 2.75) is 19.4 Å². The van der Waals surface area contributed by atoms with Gasteiger partial charge in [0.1, 0.15) is 0 Å². The number of carboxylic acids is 1. The minimum absolute atomic E-state index is 0.174. The predicted molar refractivity (Wildman–Crippen MR) is 87.5 cm³/mol. The number of nitrogens with one attached hydrogen (secondary N) is 1. The minimum atomic E-state index is -0.924. The first kappa shape index (κ1) is 15.5. The van der Waals surface area contributed by atoms with E-state index in [1.54, 1.807) is 18.4 Å². The topological polar surface area (TPSA) is 66.4 Å². The van der Waals surface area contributed by atoms with Gasteiger partial charge in [-0.3, -0.25) is 4.21 Å². The van der Waals surface area contributed by atoms with Crippen molar-refractivity contribution in [2.75, 3.05) is 17.3 Å². The molecule has 0 aliphatic heterocycles. The van der Waals surface area contributed by atoms with E-state index < -0.39 is 16.8 Å². The monoisotopic (exact) mass is 305 g/mol. The molecule has 0 spiro atoms. The highest BCUT2D eigenvalue weighted by Gasteiger charge is 2.12. The number of carbonyl (C=O) groups is 1. The maximum atomic E-state index is 11.3. The molecular weight excluding hydrogens is 286 g/mol. The van der Waals surface area contributed by atoms with Crippen LogP contribution in [0.5, 0.6) is 0 Å². The molecule has 0 saturated heterocycles. The average Bonchev–Trinajstić information content (AvgIpc) is 2.45. The number of carboxylic acid groups (broad SMARTS) is 1. The van der Waals surface area contributed by atoms with Crippen molar-refractivity contribution in [2.24, 2.45) is 0 Å². The van der Waals surface area contributed by atoms with E-state index in [9.17, 15) is 14.1 Å². The molecule has 112 valence electrons. The van der Waals surface area contributed by atoms with Gasteiger partial charge in [-0.15, -0.1) is 0 Å². The summed E-state index contributed by atoms with van der Waals surface area (Å²) < 4.78 is 11.2. The summed E-state index contributed by atoms with van der Waals surface area (Å²) in [5.74, 6) is -0.272. The van der Waals surface area contributed by atoms with Crippen molar-refractivity contribution >= 4 is 33.2 Å². The zero-order valence-electron chi connectivity index (χ0n) is 12.1. The van der Waals surface area contributed by atoms with Crippen LogP contribution >= 0.6 is 0 Å². The van der Waals surface area contributed by atoms with Gasteiger partial charge in [0.2, 0.25) is 0 Å². The highest BCUT2D eigenvalue weighted by atomic mass is 32.2. The first-order valence-corrected chi connectivity index (χ1v) is 8.53. The smallest absolute Gasteiger partial charge is 0.336 e. The van der Waals surface area contributed by atoms with E-state index in [1.807, 2.05) is 31.2 Å². The van der Waals surface area contributed by atoms with Crippen molar-refractivity contribution < 1.29 is 14.1 Å². The van der Waals surface area contributed by atoms with E-state index in [0.29, 0.717) is 11.3 Å². The Morgan fingerprint density at radius 2 is 1.90 bits per heavy atom. The molecule has 0 bridgehead atoms. The molecule has 21 heavy (non-hydrogen) atoms. The van der Waals surface area contributed by atoms with Crippen LogP contribution in [0.2, 0.25) is 0 Å². The van der Waals surface area contributed by atoms with Crippen LogP contribution in [0, 0.1) is 0 Å². The molecule has 5 heteroatoms. The molecule has 2 atom stereocenters. The van der Waals surface area contributed by atoms with Crippen LogP contribution in [0.1, 0.15) is 23.7 Å². The molecule has 0 fully saturated rings. The Kier molecular flexibility index (Phi) is 4.96. The molecule has 2 aromatic carbocycles. The van der Waals surface area contributed by atoms with Crippen LogP contribution in [0.15, 0.2) is 36.4 Å². The van der Waals surface area contributed by atoms with E-state index in [2.05, 4.69) is 5.32 Å². The van der Waals surface area contributed by atoms with E-state index in [0.717, 1.165) is 22.9 Å². The zero-order chi connectivity index (χ0) is 15.4. The summed E-state index contributed by atoms with van der Waals surface area (Å²) in [6.07, 6.45) is 2.50. The molecule has 0 heterocycles. The third-order valence-corrected chi connectivity index (χ3v) is 4.21. The Morgan fingerprint density at radius 3 is 2.52 bits per heavy atom. The van der Waals surface area contributed by atoms with Crippen molar-refractivity contribution in [1.29, 1.82) is 0 Å². The number of hydrogen-bond donors (Lipinski definition) is 2. The first-order chi connectivity index (χ1) is 9.99. The number of anilines is 1. The van der Waals surface area contributed by atoms with Gasteiger partial charge in [0, 0.05) is 39.9 Å². The fourth-order valence-corrected chi connectivity index (χ4v) is 2.98. The molecule has 0 aliphatic rings. The van der Waals surface area contributed by atoms with Crippen LogP contribution in [0.25, 0.3) is 10.8 Å². The summed E-state index contributed by atoms with van der Waals surface area (Å²) in [7, 11) is -0.799. The summed E-state index contributed by atoms with van der Waals surface area (Å²) in [6.45, 7) is 2.03. The van der Waals surface area contributed by atoms with Gasteiger partial charge in [-0.1, -0.05) is 24.3 Å². The highest BCUT2D eigenvalue weighted by molar-refractivity contribution is 7.84. The van der Waals surface area contributed by atoms with Crippen LogP contribution < -0.4 is 5.32 Å². The number of aromatic carboxylic acids is 1. The number of fused-ring (bicyclic) bond motifs is 1. The van der Waals surface area contributed by atoms with Gasteiger partial charge in [-0.2, -0.15) is 0 Å². The minimum Gasteiger partial charge on any atom is -0.478 e. The SMILES string of the molecule is CC(CCS(C)=O)Nc1ccc(C(=O)O)c2ccccc12. The number of rotatable bonds is 6. The third kappa shape index (κ3) is 3.82. The van der Waals surface area contributed by atoms with Gasteiger partial charge < -0.3 is 10.4 Å². The van der Waals surface area contributed by atoms with Crippen molar-refractivity contribution in [3.8, 4) is 0 Å². The average molecular weight is 305 g/mol. The molecule has 0 aromatic heterocycles. The van der Waals surface area contributed by atoms with Gasteiger partial charge in [0.25, 0.3) is 0 Å². The Hall–Kier alpha value is -1.88. The molecular formula is C16H19NO3S. The van der Waals surface area contributed by atoms with Crippen LogP contribution in [0.4, 0.5) is 5.69 Å². The lowest BCUT2D eigenvalue weighted by Gasteiger charge is -2.17. The second-order valence-corrected chi connectivity index (χ2v) is 6.68. The fraction of sp³-hybridized carbons (Fsp3) is 0.312. The second kappa shape index (κ2) is 6.72. The van der Waals surface area contributed by atoms with Crippen LogP contribution in [0.3, 0.4) is 0 Å². The van der Waals surface area contributed by atoms with E-state index >= 15 is 0 Å². The van der Waals surface area contributed by atoms with Gasteiger partial charge in [-0.25, -0.2) is 4.79 Å². The highest BCUT2D eigenvalue weighted by Crippen LogP contribution is 2.27. The van der Waals surface area contributed by atoms with Gasteiger partial charge in [-0.05, 0) is 30.9 Å². The third-order valence-electron chi connectivity index (χ3n) is 3.39. The molecule has 2 aromatic rings. The van der Waals surface area contributed by atoms with Gasteiger partial charge in [0.15, 0.2) is 0 Å². The predicted octanol–water partition coefficient (Wildman–Crippen LogP) is 3.11. The maximum Gasteiger partial charge on any atom is 0.336 e. The quantitative estimate of drug-likeness (QED) is 0.860. The number of benzene rings is 2. The first-order valence-electron chi connectivity index (χ1n) is 6.80. The maximum absolute atomic E-state index is 11.3. The lowest BCUT2D eigenvalue weighted by Crippen LogP contribution is -2.18. The molecule has 2 unspecified atom stereocenters.